The SMILES string of the molecule is CCNc1cc(N2CCCCCC2C)nc(COC)n1. The average Bonchev–Trinajstić information content (AvgIpc) is 2.64. The lowest BCUT2D eigenvalue weighted by Crippen LogP contribution is -2.33. The first-order chi connectivity index (χ1) is 9.74. The first-order valence-corrected chi connectivity index (χ1v) is 7.62. The van der Waals surface area contributed by atoms with Crippen molar-refractivity contribution in [3.05, 3.63) is 11.9 Å². The summed E-state index contributed by atoms with van der Waals surface area (Å²) in [7, 11) is 1.68. The standard InChI is InChI=1S/C15H26N4O/c1-4-16-13-10-15(18-14(17-13)11-20-3)19-9-7-5-6-8-12(19)2/h10,12H,4-9,11H2,1-3H3,(H,16,17,18). The highest BCUT2D eigenvalue weighted by atomic mass is 16.5. The molecule has 1 aliphatic heterocycles. The molecule has 1 aromatic rings. The molecular weight excluding hydrogens is 252 g/mol. The van der Waals surface area contributed by atoms with E-state index >= 15 is 0 Å². The Kier molecular flexibility index (Phi) is 5.59. The van der Waals surface area contributed by atoms with Crippen LogP contribution in [0.2, 0.25) is 0 Å². The van der Waals surface area contributed by atoms with E-state index in [1.807, 2.05) is 0 Å². The van der Waals surface area contributed by atoms with Crippen LogP contribution in [0.15, 0.2) is 6.07 Å². The second-order valence-corrected chi connectivity index (χ2v) is 5.38. The molecule has 1 aliphatic rings. The summed E-state index contributed by atoms with van der Waals surface area (Å²) in [5, 5.41) is 3.28. The molecule has 2 rings (SSSR count). The van der Waals surface area contributed by atoms with Gasteiger partial charge in [0.1, 0.15) is 18.2 Å². The van der Waals surface area contributed by atoms with Crippen molar-refractivity contribution in [1.82, 2.24) is 9.97 Å². The molecule has 0 aromatic carbocycles. The second-order valence-electron chi connectivity index (χ2n) is 5.38. The average molecular weight is 278 g/mol. The number of rotatable bonds is 5. The van der Waals surface area contributed by atoms with Gasteiger partial charge in [0.2, 0.25) is 0 Å². The van der Waals surface area contributed by atoms with Crippen molar-refractivity contribution in [2.45, 2.75) is 52.2 Å². The molecule has 0 amide bonds. The van der Waals surface area contributed by atoms with Crippen LogP contribution in [0.25, 0.3) is 0 Å². The Balaban J connectivity index is 2.27. The van der Waals surface area contributed by atoms with Crippen LogP contribution in [-0.4, -0.2) is 36.2 Å². The van der Waals surface area contributed by atoms with Crippen molar-refractivity contribution in [2.24, 2.45) is 0 Å². The number of anilines is 2. The van der Waals surface area contributed by atoms with Crippen molar-refractivity contribution in [1.29, 1.82) is 0 Å². The van der Waals surface area contributed by atoms with Gasteiger partial charge in [-0.2, -0.15) is 0 Å². The fourth-order valence-electron chi connectivity index (χ4n) is 2.71. The highest BCUT2D eigenvalue weighted by Gasteiger charge is 2.19. The molecule has 20 heavy (non-hydrogen) atoms. The number of methoxy groups -OCH3 is 1. The molecule has 0 spiro atoms. The van der Waals surface area contributed by atoms with Gasteiger partial charge >= 0.3 is 0 Å². The first kappa shape index (κ1) is 15.0. The van der Waals surface area contributed by atoms with Crippen molar-refractivity contribution in [3.8, 4) is 0 Å². The minimum absolute atomic E-state index is 0.453. The minimum atomic E-state index is 0.453. The molecular formula is C15H26N4O. The van der Waals surface area contributed by atoms with Crippen LogP contribution in [0.4, 0.5) is 11.6 Å². The van der Waals surface area contributed by atoms with Crippen molar-refractivity contribution < 1.29 is 4.74 Å². The van der Waals surface area contributed by atoms with E-state index in [0.29, 0.717) is 12.6 Å². The van der Waals surface area contributed by atoms with E-state index in [9.17, 15) is 0 Å². The maximum absolute atomic E-state index is 5.18. The first-order valence-electron chi connectivity index (χ1n) is 7.62. The van der Waals surface area contributed by atoms with Crippen LogP contribution < -0.4 is 10.2 Å². The fourth-order valence-corrected chi connectivity index (χ4v) is 2.71. The third-order valence-electron chi connectivity index (χ3n) is 3.74. The second kappa shape index (κ2) is 7.43. The zero-order chi connectivity index (χ0) is 14.4. The topological polar surface area (TPSA) is 50.3 Å². The molecule has 1 N–H and O–H groups in total. The van der Waals surface area contributed by atoms with Gasteiger partial charge < -0.3 is 15.0 Å². The number of hydrogen-bond acceptors (Lipinski definition) is 5. The number of nitrogens with one attached hydrogen (secondary N) is 1. The predicted octanol–water partition coefficient (Wildman–Crippen LogP) is 2.82. The Morgan fingerprint density at radius 1 is 1.35 bits per heavy atom. The number of ether oxygens (including phenoxy) is 1. The molecule has 5 heteroatoms. The van der Waals surface area contributed by atoms with E-state index in [4.69, 9.17) is 4.74 Å². The van der Waals surface area contributed by atoms with Gasteiger partial charge in [0, 0.05) is 32.3 Å². The van der Waals surface area contributed by atoms with Gasteiger partial charge in [-0.1, -0.05) is 12.8 Å². The molecule has 1 aromatic heterocycles. The van der Waals surface area contributed by atoms with Crippen LogP contribution in [0.5, 0.6) is 0 Å². The van der Waals surface area contributed by atoms with Gasteiger partial charge in [0.25, 0.3) is 0 Å². The Morgan fingerprint density at radius 2 is 2.20 bits per heavy atom. The maximum atomic E-state index is 5.18. The smallest absolute Gasteiger partial charge is 0.158 e. The third kappa shape index (κ3) is 3.82. The van der Waals surface area contributed by atoms with Crippen molar-refractivity contribution in [2.75, 3.05) is 30.4 Å². The monoisotopic (exact) mass is 278 g/mol. The van der Waals surface area contributed by atoms with Crippen LogP contribution >= 0.6 is 0 Å². The molecule has 112 valence electrons. The molecule has 1 saturated heterocycles. The molecule has 1 atom stereocenters. The zero-order valence-electron chi connectivity index (χ0n) is 12.9. The lowest BCUT2D eigenvalue weighted by atomic mass is 10.1. The third-order valence-corrected chi connectivity index (χ3v) is 3.74. The van der Waals surface area contributed by atoms with E-state index in [-0.39, 0.29) is 0 Å². The van der Waals surface area contributed by atoms with Gasteiger partial charge in [-0.25, -0.2) is 9.97 Å². The summed E-state index contributed by atoms with van der Waals surface area (Å²) in [6.45, 7) is 6.76. The predicted molar refractivity (Wildman–Crippen MR) is 82.2 cm³/mol. The molecule has 0 aliphatic carbocycles. The molecule has 5 nitrogen and oxygen atoms in total. The number of nitrogens with zero attached hydrogens (tertiary/aromatic N) is 3. The highest BCUT2D eigenvalue weighted by molar-refractivity contribution is 5.50. The number of hydrogen-bond donors (Lipinski definition) is 1. The van der Waals surface area contributed by atoms with E-state index in [1.165, 1.54) is 25.7 Å². The maximum Gasteiger partial charge on any atom is 0.158 e. The zero-order valence-corrected chi connectivity index (χ0v) is 12.9. The Labute approximate surface area is 121 Å². The van der Waals surface area contributed by atoms with Gasteiger partial charge in [-0.15, -0.1) is 0 Å². The van der Waals surface area contributed by atoms with Crippen LogP contribution in [-0.2, 0) is 11.3 Å². The van der Waals surface area contributed by atoms with E-state index in [1.54, 1.807) is 7.11 Å². The van der Waals surface area contributed by atoms with Crippen LogP contribution in [0.3, 0.4) is 0 Å². The lowest BCUT2D eigenvalue weighted by Gasteiger charge is -2.28. The quantitative estimate of drug-likeness (QED) is 0.897. The summed E-state index contributed by atoms with van der Waals surface area (Å²) in [4.78, 5) is 11.6. The molecule has 1 fully saturated rings. The summed E-state index contributed by atoms with van der Waals surface area (Å²) in [5.41, 5.74) is 0. The fraction of sp³-hybridized carbons (Fsp3) is 0.733. The normalized spacial score (nSPS) is 19.8. The molecule has 0 bridgehead atoms. The summed E-state index contributed by atoms with van der Waals surface area (Å²) in [5.74, 6) is 2.66. The molecule has 1 unspecified atom stereocenters. The molecule has 2 heterocycles. The summed E-state index contributed by atoms with van der Waals surface area (Å²) in [6.07, 6.45) is 5.11. The Morgan fingerprint density at radius 3 is 2.95 bits per heavy atom. The molecule has 0 radical (unpaired) electrons. The van der Waals surface area contributed by atoms with E-state index in [0.717, 1.165) is 30.5 Å². The van der Waals surface area contributed by atoms with Gasteiger partial charge in [0.15, 0.2) is 5.82 Å². The summed E-state index contributed by atoms with van der Waals surface area (Å²) in [6, 6.07) is 2.60. The minimum Gasteiger partial charge on any atom is -0.377 e. The summed E-state index contributed by atoms with van der Waals surface area (Å²) >= 11 is 0. The van der Waals surface area contributed by atoms with Crippen molar-refractivity contribution >= 4 is 11.6 Å². The van der Waals surface area contributed by atoms with Gasteiger partial charge in [0.05, 0.1) is 0 Å². The molecule has 0 saturated carbocycles. The largest absolute Gasteiger partial charge is 0.377 e. The van der Waals surface area contributed by atoms with Gasteiger partial charge in [-0.05, 0) is 26.7 Å². The van der Waals surface area contributed by atoms with E-state index < -0.39 is 0 Å². The summed E-state index contributed by atoms with van der Waals surface area (Å²) < 4.78 is 5.18. The number of aromatic nitrogens is 2. The van der Waals surface area contributed by atoms with E-state index in [2.05, 4.69) is 40.1 Å². The van der Waals surface area contributed by atoms with Gasteiger partial charge in [-0.3, -0.25) is 0 Å². The lowest BCUT2D eigenvalue weighted by molar-refractivity contribution is 0.178. The Bertz CT molecular complexity index is 400. The highest BCUT2D eigenvalue weighted by Crippen LogP contribution is 2.24. The van der Waals surface area contributed by atoms with Crippen LogP contribution in [0.1, 0.15) is 45.4 Å². The van der Waals surface area contributed by atoms with Crippen molar-refractivity contribution in [3.63, 3.8) is 0 Å². The van der Waals surface area contributed by atoms with Crippen LogP contribution in [0, 0.1) is 0 Å². The Hall–Kier alpha value is -1.36.